The minimum atomic E-state index is -0.0562. The SMILES string of the molecule is Cc1nc(-c2cccnc2)sc1CCNC(=O)c1ccc(-c2ccccc2)cc1. The Morgan fingerprint density at radius 1 is 0.931 bits per heavy atom. The molecule has 0 fully saturated rings. The summed E-state index contributed by atoms with van der Waals surface area (Å²) in [6.07, 6.45) is 4.34. The Balaban J connectivity index is 1.35. The fourth-order valence-corrected chi connectivity index (χ4v) is 4.16. The Kier molecular flexibility index (Phi) is 5.77. The second-order valence-corrected chi connectivity index (χ2v) is 7.80. The van der Waals surface area contributed by atoms with Gasteiger partial charge in [-0.15, -0.1) is 11.3 Å². The molecular weight excluding hydrogens is 378 g/mol. The van der Waals surface area contributed by atoms with E-state index < -0.39 is 0 Å². The van der Waals surface area contributed by atoms with Crippen molar-refractivity contribution in [1.29, 1.82) is 0 Å². The van der Waals surface area contributed by atoms with Crippen LogP contribution in [-0.2, 0) is 6.42 Å². The first kappa shape index (κ1) is 19.0. The molecule has 0 radical (unpaired) electrons. The summed E-state index contributed by atoms with van der Waals surface area (Å²) in [6, 6.07) is 21.8. The van der Waals surface area contributed by atoms with Crippen molar-refractivity contribution >= 4 is 17.2 Å². The number of thiazole rings is 1. The molecule has 0 saturated heterocycles. The van der Waals surface area contributed by atoms with Crippen molar-refractivity contribution in [2.45, 2.75) is 13.3 Å². The van der Waals surface area contributed by atoms with E-state index in [-0.39, 0.29) is 5.91 Å². The normalized spacial score (nSPS) is 10.7. The van der Waals surface area contributed by atoms with Gasteiger partial charge in [-0.3, -0.25) is 9.78 Å². The monoisotopic (exact) mass is 399 g/mol. The van der Waals surface area contributed by atoms with E-state index >= 15 is 0 Å². The standard InChI is InChI=1S/C24H21N3OS/c1-17-22(29-24(27-17)21-8-5-14-25-16-21)13-15-26-23(28)20-11-9-19(10-12-20)18-6-3-2-4-7-18/h2-12,14,16H,13,15H2,1H3,(H,26,28). The van der Waals surface area contributed by atoms with Crippen LogP contribution in [0.3, 0.4) is 0 Å². The Bertz CT molecular complexity index is 1090. The Labute approximate surface area is 174 Å². The number of nitrogens with zero attached hydrogens (tertiary/aromatic N) is 2. The zero-order valence-electron chi connectivity index (χ0n) is 16.1. The van der Waals surface area contributed by atoms with Gasteiger partial charge < -0.3 is 5.32 Å². The average Bonchev–Trinajstić information content (AvgIpc) is 3.15. The minimum Gasteiger partial charge on any atom is -0.352 e. The van der Waals surface area contributed by atoms with Gasteiger partial charge in [0.25, 0.3) is 5.91 Å². The largest absolute Gasteiger partial charge is 0.352 e. The summed E-state index contributed by atoms with van der Waals surface area (Å²) in [5.41, 5.74) is 4.95. The molecule has 0 aliphatic carbocycles. The molecule has 1 amide bonds. The third-order valence-electron chi connectivity index (χ3n) is 4.69. The van der Waals surface area contributed by atoms with E-state index in [1.54, 1.807) is 17.5 Å². The fraction of sp³-hybridized carbons (Fsp3) is 0.125. The Morgan fingerprint density at radius 2 is 1.66 bits per heavy atom. The van der Waals surface area contributed by atoms with E-state index in [1.807, 2.05) is 67.7 Å². The maximum absolute atomic E-state index is 12.5. The van der Waals surface area contributed by atoms with Crippen LogP contribution in [-0.4, -0.2) is 22.4 Å². The smallest absolute Gasteiger partial charge is 0.251 e. The lowest BCUT2D eigenvalue weighted by Crippen LogP contribution is -2.25. The predicted octanol–water partition coefficient (Wildman–Crippen LogP) is 5.15. The van der Waals surface area contributed by atoms with Crippen LogP contribution >= 0.6 is 11.3 Å². The first-order valence-corrected chi connectivity index (χ1v) is 10.3. The summed E-state index contributed by atoms with van der Waals surface area (Å²) >= 11 is 1.66. The summed E-state index contributed by atoms with van der Waals surface area (Å²) in [5, 5.41) is 3.98. The van der Waals surface area contributed by atoms with E-state index in [0.29, 0.717) is 12.1 Å². The zero-order chi connectivity index (χ0) is 20.1. The number of rotatable bonds is 6. The van der Waals surface area contributed by atoms with Crippen LogP contribution < -0.4 is 5.32 Å². The maximum Gasteiger partial charge on any atom is 0.251 e. The molecule has 0 spiro atoms. The van der Waals surface area contributed by atoms with Gasteiger partial charge in [-0.2, -0.15) is 0 Å². The molecule has 2 heterocycles. The van der Waals surface area contributed by atoms with Gasteiger partial charge in [-0.25, -0.2) is 4.98 Å². The van der Waals surface area contributed by atoms with Crippen LogP contribution in [0.2, 0.25) is 0 Å². The second kappa shape index (κ2) is 8.80. The van der Waals surface area contributed by atoms with Gasteiger partial charge >= 0.3 is 0 Å². The summed E-state index contributed by atoms with van der Waals surface area (Å²) in [6.45, 7) is 2.59. The van der Waals surface area contributed by atoms with Gasteiger partial charge in [0.2, 0.25) is 0 Å². The summed E-state index contributed by atoms with van der Waals surface area (Å²) < 4.78 is 0. The number of benzene rings is 2. The Hall–Kier alpha value is -3.31. The molecule has 2 aromatic heterocycles. The summed E-state index contributed by atoms with van der Waals surface area (Å²) in [4.78, 5) is 22.4. The molecular formula is C24H21N3OS. The van der Waals surface area contributed by atoms with Crippen molar-refractivity contribution in [2.75, 3.05) is 6.54 Å². The van der Waals surface area contributed by atoms with Crippen molar-refractivity contribution in [3.8, 4) is 21.7 Å². The Morgan fingerprint density at radius 3 is 2.38 bits per heavy atom. The molecule has 0 bridgehead atoms. The number of aromatic nitrogens is 2. The van der Waals surface area contributed by atoms with Crippen molar-refractivity contribution in [3.05, 3.63) is 95.3 Å². The molecule has 0 unspecified atom stereocenters. The number of carbonyl (C=O) groups excluding carboxylic acids is 1. The number of carbonyl (C=O) groups is 1. The van der Waals surface area contributed by atoms with Crippen molar-refractivity contribution in [1.82, 2.24) is 15.3 Å². The van der Waals surface area contributed by atoms with E-state index in [9.17, 15) is 4.79 Å². The molecule has 0 aliphatic heterocycles. The summed E-state index contributed by atoms with van der Waals surface area (Å²) in [7, 11) is 0. The van der Waals surface area contributed by atoms with Gasteiger partial charge in [0.15, 0.2) is 0 Å². The number of pyridine rings is 1. The van der Waals surface area contributed by atoms with Crippen LogP contribution in [0.15, 0.2) is 79.1 Å². The third-order valence-corrected chi connectivity index (χ3v) is 5.96. The molecule has 0 aliphatic rings. The highest BCUT2D eigenvalue weighted by Gasteiger charge is 2.11. The number of aryl methyl sites for hydroxylation is 1. The minimum absolute atomic E-state index is 0.0562. The van der Waals surface area contributed by atoms with E-state index in [4.69, 9.17) is 0 Å². The highest BCUT2D eigenvalue weighted by atomic mass is 32.1. The highest BCUT2D eigenvalue weighted by molar-refractivity contribution is 7.15. The lowest BCUT2D eigenvalue weighted by Gasteiger charge is -2.06. The zero-order valence-corrected chi connectivity index (χ0v) is 16.9. The average molecular weight is 400 g/mol. The molecule has 0 atom stereocenters. The number of hydrogen-bond donors (Lipinski definition) is 1. The van der Waals surface area contributed by atoms with Crippen molar-refractivity contribution < 1.29 is 4.79 Å². The molecule has 4 rings (SSSR count). The molecule has 2 aromatic carbocycles. The highest BCUT2D eigenvalue weighted by Crippen LogP contribution is 2.27. The van der Waals surface area contributed by atoms with Gasteiger partial charge in [-0.05, 0) is 42.3 Å². The van der Waals surface area contributed by atoms with Crippen molar-refractivity contribution in [3.63, 3.8) is 0 Å². The predicted molar refractivity (Wildman–Crippen MR) is 118 cm³/mol. The lowest BCUT2D eigenvalue weighted by molar-refractivity contribution is 0.0954. The molecule has 4 aromatic rings. The van der Waals surface area contributed by atoms with Crippen LogP contribution in [0, 0.1) is 6.92 Å². The van der Waals surface area contributed by atoms with Crippen LogP contribution in [0.25, 0.3) is 21.7 Å². The van der Waals surface area contributed by atoms with E-state index in [0.717, 1.165) is 33.8 Å². The van der Waals surface area contributed by atoms with Crippen LogP contribution in [0.4, 0.5) is 0 Å². The third kappa shape index (κ3) is 4.58. The molecule has 29 heavy (non-hydrogen) atoms. The fourth-order valence-electron chi connectivity index (χ4n) is 3.11. The quantitative estimate of drug-likeness (QED) is 0.488. The molecule has 5 heteroatoms. The first-order chi connectivity index (χ1) is 14.2. The maximum atomic E-state index is 12.5. The molecule has 0 saturated carbocycles. The van der Waals surface area contributed by atoms with Crippen molar-refractivity contribution in [2.24, 2.45) is 0 Å². The van der Waals surface area contributed by atoms with Gasteiger partial charge in [0, 0.05) is 41.4 Å². The van der Waals surface area contributed by atoms with E-state index in [1.165, 1.54) is 4.88 Å². The molecule has 144 valence electrons. The summed E-state index contributed by atoms with van der Waals surface area (Å²) in [5.74, 6) is -0.0562. The second-order valence-electron chi connectivity index (χ2n) is 6.72. The number of nitrogens with one attached hydrogen (secondary N) is 1. The van der Waals surface area contributed by atoms with Crippen LogP contribution in [0.1, 0.15) is 20.9 Å². The molecule has 1 N–H and O–H groups in total. The van der Waals surface area contributed by atoms with Gasteiger partial charge in [0.1, 0.15) is 5.01 Å². The van der Waals surface area contributed by atoms with E-state index in [2.05, 4.69) is 27.4 Å². The first-order valence-electron chi connectivity index (χ1n) is 9.51. The number of hydrogen-bond acceptors (Lipinski definition) is 4. The van der Waals surface area contributed by atoms with Gasteiger partial charge in [-0.1, -0.05) is 42.5 Å². The number of amides is 1. The lowest BCUT2D eigenvalue weighted by atomic mass is 10.0. The van der Waals surface area contributed by atoms with Crippen LogP contribution in [0.5, 0.6) is 0 Å². The molecule has 4 nitrogen and oxygen atoms in total. The topological polar surface area (TPSA) is 54.9 Å². The van der Waals surface area contributed by atoms with Gasteiger partial charge in [0.05, 0.1) is 5.69 Å².